The van der Waals surface area contributed by atoms with Gasteiger partial charge in [0, 0.05) is 18.5 Å². The first-order valence-electron chi connectivity index (χ1n) is 10.1. The van der Waals surface area contributed by atoms with Crippen LogP contribution in [0.2, 0.25) is 5.02 Å². The van der Waals surface area contributed by atoms with Gasteiger partial charge < -0.3 is 15.0 Å². The van der Waals surface area contributed by atoms with Gasteiger partial charge in [-0.25, -0.2) is 0 Å². The first-order chi connectivity index (χ1) is 14.4. The number of carbonyl (C=O) groups excluding carboxylic acids is 2. The molecule has 2 aromatic rings. The van der Waals surface area contributed by atoms with Crippen molar-refractivity contribution in [1.29, 1.82) is 0 Å². The molecule has 0 bridgehead atoms. The van der Waals surface area contributed by atoms with Gasteiger partial charge in [0.2, 0.25) is 5.91 Å². The van der Waals surface area contributed by atoms with Crippen molar-refractivity contribution >= 4 is 23.4 Å². The molecular weight excluding hydrogens is 400 g/mol. The third kappa shape index (κ3) is 5.22. The summed E-state index contributed by atoms with van der Waals surface area (Å²) in [4.78, 5) is 27.5. The number of nitrogens with zero attached hydrogens (tertiary/aromatic N) is 1. The first kappa shape index (κ1) is 21.9. The van der Waals surface area contributed by atoms with Crippen LogP contribution in [0.15, 0.2) is 60.7 Å². The Kier molecular flexibility index (Phi) is 7.16. The van der Waals surface area contributed by atoms with Crippen LogP contribution in [0.25, 0.3) is 0 Å². The number of ether oxygens (including phenoxy) is 1. The maximum absolute atomic E-state index is 13.1. The molecule has 1 aliphatic rings. The van der Waals surface area contributed by atoms with E-state index in [1.54, 1.807) is 38.2 Å². The second-order valence-corrected chi connectivity index (χ2v) is 8.01. The van der Waals surface area contributed by atoms with Crippen LogP contribution in [0.3, 0.4) is 0 Å². The topological polar surface area (TPSA) is 58.6 Å². The lowest BCUT2D eigenvalue weighted by atomic mass is 10.0. The van der Waals surface area contributed by atoms with Crippen LogP contribution in [0.1, 0.15) is 48.7 Å². The Bertz CT molecular complexity index is 944. The molecular formula is C24H27ClN2O3. The standard InChI is InChI=1S/C24H27ClN2O3/c1-16-9-4-6-13-21(18-10-8-11-19(25)15-18)26-23(28)17(2)27(3)24(29)20-12-5-7-14-22(20)30-16/h4-8,10-12,14-17,21H,9,13H2,1-3H3,(H,26,28)/b6-4+/t16-,17+,21+/m0/s1. The number of hydrogen-bond donors (Lipinski definition) is 1. The van der Waals surface area contributed by atoms with Gasteiger partial charge in [0.05, 0.1) is 17.7 Å². The van der Waals surface area contributed by atoms with E-state index >= 15 is 0 Å². The summed E-state index contributed by atoms with van der Waals surface area (Å²) >= 11 is 6.16. The summed E-state index contributed by atoms with van der Waals surface area (Å²) in [5.74, 6) is 0.0390. The maximum Gasteiger partial charge on any atom is 0.258 e. The average molecular weight is 427 g/mol. The van der Waals surface area contributed by atoms with Gasteiger partial charge in [-0.15, -0.1) is 0 Å². The van der Waals surface area contributed by atoms with E-state index in [-0.39, 0.29) is 24.0 Å². The summed E-state index contributed by atoms with van der Waals surface area (Å²) in [5.41, 5.74) is 1.36. The lowest BCUT2D eigenvalue weighted by Gasteiger charge is -2.28. The second-order valence-electron chi connectivity index (χ2n) is 7.58. The highest BCUT2D eigenvalue weighted by Crippen LogP contribution is 2.25. The molecule has 0 aromatic heterocycles. The number of likely N-dealkylation sites (N-methyl/N-ethyl adjacent to an activating group) is 1. The Labute approximate surface area is 182 Å². The van der Waals surface area contributed by atoms with Crippen LogP contribution in [-0.4, -0.2) is 35.9 Å². The predicted molar refractivity (Wildman–Crippen MR) is 119 cm³/mol. The van der Waals surface area contributed by atoms with Crippen LogP contribution in [0.4, 0.5) is 0 Å². The van der Waals surface area contributed by atoms with Crippen molar-refractivity contribution in [3.8, 4) is 5.75 Å². The van der Waals surface area contributed by atoms with Crippen LogP contribution in [0.5, 0.6) is 5.75 Å². The van der Waals surface area contributed by atoms with Crippen molar-refractivity contribution in [2.45, 2.75) is 44.9 Å². The van der Waals surface area contributed by atoms with Crippen molar-refractivity contribution in [2.24, 2.45) is 0 Å². The van der Waals surface area contributed by atoms with Gasteiger partial charge >= 0.3 is 0 Å². The lowest BCUT2D eigenvalue weighted by Crippen LogP contribution is -2.47. The normalized spacial score (nSPS) is 24.3. The molecule has 5 nitrogen and oxygen atoms in total. The van der Waals surface area contributed by atoms with E-state index in [4.69, 9.17) is 16.3 Å². The fourth-order valence-corrected chi connectivity index (χ4v) is 3.57. The monoisotopic (exact) mass is 426 g/mol. The number of para-hydroxylation sites is 1. The van der Waals surface area contributed by atoms with Crippen LogP contribution in [0, 0.1) is 0 Å². The molecule has 1 heterocycles. The minimum absolute atomic E-state index is 0.0971. The number of rotatable bonds is 1. The summed E-state index contributed by atoms with van der Waals surface area (Å²) in [6.07, 6.45) is 5.29. The van der Waals surface area contributed by atoms with Crippen molar-refractivity contribution in [2.75, 3.05) is 7.05 Å². The first-order valence-corrected chi connectivity index (χ1v) is 10.5. The molecule has 1 N–H and O–H groups in total. The number of benzene rings is 2. The smallest absolute Gasteiger partial charge is 0.258 e. The highest BCUT2D eigenvalue weighted by molar-refractivity contribution is 6.30. The molecule has 0 fully saturated rings. The fraction of sp³-hybridized carbons (Fsp3) is 0.333. The molecule has 0 unspecified atom stereocenters. The number of carbonyl (C=O) groups is 2. The molecule has 6 heteroatoms. The zero-order valence-electron chi connectivity index (χ0n) is 17.5. The Hall–Kier alpha value is -2.79. The Morgan fingerprint density at radius 3 is 2.53 bits per heavy atom. The van der Waals surface area contributed by atoms with E-state index in [2.05, 4.69) is 5.32 Å². The van der Waals surface area contributed by atoms with E-state index < -0.39 is 6.04 Å². The summed E-state index contributed by atoms with van der Waals surface area (Å²) in [6.45, 7) is 3.69. The maximum atomic E-state index is 13.1. The van der Waals surface area contributed by atoms with Crippen LogP contribution >= 0.6 is 11.6 Å². The molecule has 2 aromatic carbocycles. The SMILES string of the molecule is C[C@@H]1C(=O)N[C@@H](c2cccc(Cl)c2)C/C=C/C[C@H](C)Oc2ccccc2C(=O)N1C. The van der Waals surface area contributed by atoms with E-state index in [0.29, 0.717) is 29.2 Å². The summed E-state index contributed by atoms with van der Waals surface area (Å²) in [5, 5.41) is 3.69. The van der Waals surface area contributed by atoms with Crippen LogP contribution in [-0.2, 0) is 4.79 Å². The number of halogens is 1. The zero-order chi connectivity index (χ0) is 21.7. The molecule has 0 saturated heterocycles. The Morgan fingerprint density at radius 2 is 1.77 bits per heavy atom. The Morgan fingerprint density at radius 1 is 1.03 bits per heavy atom. The number of nitrogens with one attached hydrogen (secondary N) is 1. The lowest BCUT2D eigenvalue weighted by molar-refractivity contribution is -0.125. The van der Waals surface area contributed by atoms with Crippen molar-refractivity contribution in [3.63, 3.8) is 0 Å². The van der Waals surface area contributed by atoms with Gasteiger partial charge in [0.1, 0.15) is 11.8 Å². The molecule has 0 aliphatic carbocycles. The minimum atomic E-state index is -0.656. The van der Waals surface area contributed by atoms with Gasteiger partial charge in [-0.3, -0.25) is 9.59 Å². The number of fused-ring (bicyclic) bond motifs is 1. The summed E-state index contributed by atoms with van der Waals surface area (Å²) in [6, 6.07) is 13.7. The largest absolute Gasteiger partial charge is 0.490 e. The average Bonchev–Trinajstić information content (AvgIpc) is 2.74. The van der Waals surface area contributed by atoms with Gasteiger partial charge in [0.15, 0.2) is 0 Å². The molecule has 0 saturated carbocycles. The van der Waals surface area contributed by atoms with Crippen LogP contribution < -0.4 is 10.1 Å². The molecule has 0 spiro atoms. The fourth-order valence-electron chi connectivity index (χ4n) is 3.37. The zero-order valence-corrected chi connectivity index (χ0v) is 18.2. The number of hydrogen-bond acceptors (Lipinski definition) is 3. The van der Waals surface area contributed by atoms with E-state index in [1.165, 1.54) is 4.90 Å². The van der Waals surface area contributed by atoms with Crippen molar-refractivity contribution < 1.29 is 14.3 Å². The number of amides is 2. The highest BCUT2D eigenvalue weighted by Gasteiger charge is 2.27. The molecule has 2 amide bonds. The van der Waals surface area contributed by atoms with E-state index in [9.17, 15) is 9.59 Å². The molecule has 30 heavy (non-hydrogen) atoms. The Balaban J connectivity index is 1.93. The molecule has 3 rings (SSSR count). The summed E-state index contributed by atoms with van der Waals surface area (Å²) in [7, 11) is 1.63. The van der Waals surface area contributed by atoms with Crippen molar-refractivity contribution in [3.05, 3.63) is 76.8 Å². The minimum Gasteiger partial charge on any atom is -0.490 e. The van der Waals surface area contributed by atoms with E-state index in [1.807, 2.05) is 43.3 Å². The molecule has 3 atom stereocenters. The third-order valence-electron chi connectivity index (χ3n) is 5.30. The van der Waals surface area contributed by atoms with Gasteiger partial charge in [0.25, 0.3) is 5.91 Å². The quantitative estimate of drug-likeness (QED) is 0.668. The van der Waals surface area contributed by atoms with E-state index in [0.717, 1.165) is 5.56 Å². The third-order valence-corrected chi connectivity index (χ3v) is 5.54. The van der Waals surface area contributed by atoms with Gasteiger partial charge in [-0.2, -0.15) is 0 Å². The van der Waals surface area contributed by atoms with Gasteiger partial charge in [-0.05, 0) is 50.1 Å². The van der Waals surface area contributed by atoms with Gasteiger partial charge in [-0.1, -0.05) is 48.0 Å². The molecule has 158 valence electrons. The van der Waals surface area contributed by atoms with Crippen molar-refractivity contribution in [1.82, 2.24) is 10.2 Å². The summed E-state index contributed by atoms with van der Waals surface area (Å²) < 4.78 is 6.03. The second kappa shape index (κ2) is 9.81. The molecule has 1 aliphatic heterocycles. The highest BCUT2D eigenvalue weighted by atomic mass is 35.5. The predicted octanol–water partition coefficient (Wildman–Crippen LogP) is 4.78. The molecule has 0 radical (unpaired) electrons.